The maximum atomic E-state index is 8.81. The lowest BCUT2D eigenvalue weighted by molar-refractivity contribution is 1.13. The van der Waals surface area contributed by atoms with Crippen LogP contribution in [0.3, 0.4) is 0 Å². The summed E-state index contributed by atoms with van der Waals surface area (Å²) in [7, 11) is 0. The summed E-state index contributed by atoms with van der Waals surface area (Å²) in [6.07, 6.45) is -0.299. The van der Waals surface area contributed by atoms with E-state index in [4.69, 9.17) is 13.7 Å². The lowest BCUT2D eigenvalue weighted by Gasteiger charge is -2.04. The topological polar surface area (TPSA) is 4.93 Å². The minimum Gasteiger partial charge on any atom is -0.316 e. The number of rotatable bonds is 2. The average molecular weight is 279 g/mol. The molecule has 0 radical (unpaired) electrons. The first-order valence-electron chi connectivity index (χ1n) is 11.3. The molecule has 0 saturated carbocycles. The molecule has 100 valence electrons. The molecule has 0 spiro atoms. The molecule has 0 atom stereocenters. The molecule has 0 aliphatic carbocycles. The molecule has 0 unspecified atom stereocenters. The maximum absolute atomic E-state index is 8.81. The first kappa shape index (κ1) is 5.53. The second-order valence-electron chi connectivity index (χ2n) is 4.39. The van der Waals surface area contributed by atoms with Crippen LogP contribution in [0.25, 0.3) is 27.7 Å². The summed E-state index contributed by atoms with van der Waals surface area (Å²) in [5.41, 5.74) is 0.240. The van der Waals surface area contributed by atoms with Gasteiger partial charge in [0.1, 0.15) is 0 Å². The number of hydrogen-bond acceptors (Lipinski definition) is 0. The second kappa shape index (κ2) is 4.95. The van der Waals surface area contributed by atoms with Gasteiger partial charge in [-0.3, -0.25) is 0 Å². The van der Waals surface area contributed by atoms with Gasteiger partial charge in [-0.1, -0.05) is 66.6 Å². The van der Waals surface area contributed by atoms with Crippen LogP contribution in [0.5, 0.6) is 0 Å². The third kappa shape index (κ3) is 2.03. The minimum absolute atomic E-state index is 0.0500. The highest BCUT2D eigenvalue weighted by Crippen LogP contribution is 2.32. The SMILES string of the molecule is [2H]c1c([2H])c([2H])c(-n2c([2H])c(-c3ccccc3)c3c([2H])c([2H])c([2H])c([2H])c32)c([2H])c1[2H]. The van der Waals surface area contributed by atoms with Crippen LogP contribution in [0, 0.1) is 0 Å². The Morgan fingerprint density at radius 2 is 1.48 bits per heavy atom. The monoisotopic (exact) mass is 279 g/mol. The van der Waals surface area contributed by atoms with Crippen LogP contribution in [0.1, 0.15) is 13.7 Å². The third-order valence-corrected chi connectivity index (χ3v) is 3.14. The Balaban J connectivity index is 2.32. The molecule has 0 bridgehead atoms. The minimum atomic E-state index is -0.598. The Morgan fingerprint density at radius 3 is 2.29 bits per heavy atom. The van der Waals surface area contributed by atoms with Crippen molar-refractivity contribution in [1.29, 1.82) is 0 Å². The summed E-state index contributed by atoms with van der Waals surface area (Å²) in [5.74, 6) is 0. The molecule has 4 rings (SSSR count). The molecular formula is C20H15N. The van der Waals surface area contributed by atoms with Crippen molar-refractivity contribution in [1.82, 2.24) is 4.57 Å². The van der Waals surface area contributed by atoms with E-state index in [2.05, 4.69) is 0 Å². The number of benzene rings is 3. The van der Waals surface area contributed by atoms with Crippen molar-refractivity contribution in [2.45, 2.75) is 0 Å². The van der Waals surface area contributed by atoms with Gasteiger partial charge in [0.2, 0.25) is 0 Å². The van der Waals surface area contributed by atoms with Crippen LogP contribution in [0.15, 0.2) is 90.9 Å². The molecule has 0 amide bonds. The molecule has 1 aromatic heterocycles. The fraction of sp³-hybridized carbons (Fsp3) is 0. The first-order chi connectivity index (χ1) is 14.6. The highest BCUT2D eigenvalue weighted by molar-refractivity contribution is 5.97. The largest absolute Gasteiger partial charge is 0.316 e. The Morgan fingerprint density at radius 1 is 0.762 bits per heavy atom. The predicted octanol–water partition coefficient (Wildman–Crippen LogP) is 5.30. The molecule has 1 heteroatoms. The van der Waals surface area contributed by atoms with Crippen LogP contribution in [-0.4, -0.2) is 4.57 Å². The molecule has 0 saturated heterocycles. The number of hydrogen-bond donors (Lipinski definition) is 0. The van der Waals surface area contributed by atoms with E-state index in [1.165, 1.54) is 0 Å². The van der Waals surface area contributed by atoms with Crippen LogP contribution in [0.4, 0.5) is 0 Å². The van der Waals surface area contributed by atoms with Gasteiger partial charge < -0.3 is 4.57 Å². The Labute approximate surface area is 138 Å². The molecule has 0 aliphatic heterocycles. The molecule has 0 N–H and O–H groups in total. The van der Waals surface area contributed by atoms with Crippen molar-refractivity contribution < 1.29 is 13.7 Å². The second-order valence-corrected chi connectivity index (χ2v) is 4.39. The number of aromatic nitrogens is 1. The molecule has 0 fully saturated rings. The lowest BCUT2D eigenvalue weighted by atomic mass is 10.1. The Bertz CT molecular complexity index is 1350. The molecular weight excluding hydrogens is 254 g/mol. The Kier molecular flexibility index (Phi) is 1.30. The number of para-hydroxylation sites is 2. The van der Waals surface area contributed by atoms with Gasteiger partial charge in [0.05, 0.1) is 19.2 Å². The zero-order valence-corrected chi connectivity index (χ0v) is 10.8. The number of fused-ring (bicyclic) bond motifs is 1. The molecule has 1 nitrogen and oxygen atoms in total. The molecule has 0 aliphatic rings. The molecule has 4 aromatic rings. The standard InChI is InChI=1S/C20H15N/c1-3-9-16(10-4-1)19-15-21(17-11-5-2-6-12-17)20-14-8-7-13-18(19)20/h1-15H/i2D,5D,6D,7D,8D,11D,12D,13D,14D,15D. The van der Waals surface area contributed by atoms with Gasteiger partial charge in [0, 0.05) is 22.8 Å². The van der Waals surface area contributed by atoms with E-state index >= 15 is 0 Å². The van der Waals surface area contributed by atoms with E-state index in [1.807, 2.05) is 0 Å². The van der Waals surface area contributed by atoms with Crippen molar-refractivity contribution >= 4 is 10.9 Å². The van der Waals surface area contributed by atoms with Crippen molar-refractivity contribution in [2.75, 3.05) is 0 Å². The van der Waals surface area contributed by atoms with Crippen molar-refractivity contribution in [3.05, 3.63) is 90.9 Å². The third-order valence-electron chi connectivity index (χ3n) is 3.14. The predicted molar refractivity (Wildman–Crippen MR) is 88.7 cm³/mol. The zero-order chi connectivity index (χ0) is 22.8. The van der Waals surface area contributed by atoms with Gasteiger partial charge in [-0.2, -0.15) is 0 Å². The quantitative estimate of drug-likeness (QED) is 0.469. The normalized spacial score (nSPS) is 17.5. The van der Waals surface area contributed by atoms with Gasteiger partial charge in [-0.25, -0.2) is 0 Å². The van der Waals surface area contributed by atoms with Crippen molar-refractivity contribution in [3.63, 3.8) is 0 Å². The van der Waals surface area contributed by atoms with Crippen LogP contribution < -0.4 is 0 Å². The fourth-order valence-electron chi connectivity index (χ4n) is 2.21. The highest BCUT2D eigenvalue weighted by atomic mass is 15.0. The highest BCUT2D eigenvalue weighted by Gasteiger charge is 2.10. The molecule has 1 heterocycles. The lowest BCUT2D eigenvalue weighted by Crippen LogP contribution is -1.90. The zero-order valence-electron chi connectivity index (χ0n) is 20.8. The molecule has 21 heavy (non-hydrogen) atoms. The van der Waals surface area contributed by atoms with E-state index in [9.17, 15) is 0 Å². The smallest absolute Gasteiger partial charge is 0.0829 e. The van der Waals surface area contributed by atoms with Gasteiger partial charge in [-0.05, 0) is 23.7 Å². The van der Waals surface area contributed by atoms with Crippen LogP contribution in [0.2, 0.25) is 0 Å². The van der Waals surface area contributed by atoms with E-state index in [1.54, 1.807) is 30.3 Å². The van der Waals surface area contributed by atoms with Gasteiger partial charge >= 0.3 is 0 Å². The van der Waals surface area contributed by atoms with Crippen LogP contribution >= 0.6 is 0 Å². The Hall–Kier alpha value is -2.80. The van der Waals surface area contributed by atoms with E-state index < -0.39 is 48.3 Å². The first-order valence-corrected chi connectivity index (χ1v) is 6.33. The van der Waals surface area contributed by atoms with Crippen molar-refractivity contribution in [3.8, 4) is 16.8 Å². The summed E-state index contributed by atoms with van der Waals surface area (Å²) in [6, 6.07) is 3.79. The summed E-state index contributed by atoms with van der Waals surface area (Å²) in [5, 5.41) is 0.0500. The van der Waals surface area contributed by atoms with Gasteiger partial charge in [0.15, 0.2) is 0 Å². The summed E-state index contributed by atoms with van der Waals surface area (Å²) in [6.45, 7) is 0. The summed E-state index contributed by atoms with van der Waals surface area (Å²) >= 11 is 0. The van der Waals surface area contributed by atoms with Gasteiger partial charge in [0.25, 0.3) is 0 Å². The van der Waals surface area contributed by atoms with Gasteiger partial charge in [-0.15, -0.1) is 0 Å². The summed E-state index contributed by atoms with van der Waals surface area (Å²) < 4.78 is 83.2. The summed E-state index contributed by atoms with van der Waals surface area (Å²) in [4.78, 5) is 0. The van der Waals surface area contributed by atoms with E-state index in [0.717, 1.165) is 4.57 Å². The van der Waals surface area contributed by atoms with Crippen molar-refractivity contribution in [2.24, 2.45) is 0 Å². The maximum Gasteiger partial charge on any atom is 0.0829 e. The number of nitrogens with zero attached hydrogens (tertiary/aromatic N) is 1. The van der Waals surface area contributed by atoms with E-state index in [0.29, 0.717) is 5.56 Å². The molecule has 3 aromatic carbocycles. The van der Waals surface area contributed by atoms with Crippen LogP contribution in [-0.2, 0) is 0 Å². The van der Waals surface area contributed by atoms with E-state index in [-0.39, 0.29) is 34.4 Å². The average Bonchev–Trinajstić information content (AvgIpc) is 3.07. The fourth-order valence-corrected chi connectivity index (χ4v) is 2.21.